The summed E-state index contributed by atoms with van der Waals surface area (Å²) in [6, 6.07) is 0. The first-order valence-electron chi connectivity index (χ1n) is 2.22. The highest BCUT2D eigenvalue weighted by molar-refractivity contribution is 6.59. The lowest BCUT2D eigenvalue weighted by molar-refractivity contribution is 0.802. The first-order chi connectivity index (χ1) is 4.00. The Morgan fingerprint density at radius 1 is 1.22 bits per heavy atom. The fraction of sp³-hybridized carbons (Fsp3) is 1.00. The van der Waals surface area contributed by atoms with Crippen molar-refractivity contribution in [3.63, 3.8) is 0 Å². The van der Waals surface area contributed by atoms with Crippen molar-refractivity contribution in [3.05, 3.63) is 0 Å². The van der Waals surface area contributed by atoms with Crippen molar-refractivity contribution in [2.24, 2.45) is 0 Å². The third kappa shape index (κ3) is 4.00. The molecule has 0 unspecified atom stereocenters. The molecule has 56 valence electrons. The normalized spacial score (nSPS) is 12.7. The molecule has 0 fully saturated rings. The van der Waals surface area contributed by atoms with Gasteiger partial charge in [-0.05, 0) is 6.42 Å². The summed E-state index contributed by atoms with van der Waals surface area (Å²) >= 11 is 27.3. The lowest BCUT2D eigenvalue weighted by Crippen LogP contribution is -2.22. The lowest BCUT2D eigenvalue weighted by Gasteiger charge is -2.18. The molecule has 0 aromatic heterocycles. The second-order valence-corrected chi connectivity index (χ2v) is 4.52. The fourth-order valence-electron chi connectivity index (χ4n) is 0.235. The van der Waals surface area contributed by atoms with Crippen LogP contribution in [0, 0.1) is 0 Å². The maximum absolute atomic E-state index is 5.59. The Labute approximate surface area is 79.4 Å². The zero-order valence-corrected chi connectivity index (χ0v) is 8.16. The molecular formula is C4H5Cl5. The van der Waals surface area contributed by atoms with E-state index in [1.807, 2.05) is 0 Å². The zero-order chi connectivity index (χ0) is 7.49. The number of rotatable bonds is 3. The van der Waals surface area contributed by atoms with E-state index in [-0.39, 0.29) is 0 Å². The van der Waals surface area contributed by atoms with Gasteiger partial charge in [0, 0.05) is 5.88 Å². The molecule has 0 atom stereocenters. The molecule has 5 heteroatoms. The van der Waals surface area contributed by atoms with Crippen molar-refractivity contribution in [2.75, 3.05) is 5.88 Å². The van der Waals surface area contributed by atoms with Gasteiger partial charge in [0.05, 0.1) is 0 Å². The Hall–Kier alpha value is 1.45. The quantitative estimate of drug-likeness (QED) is 0.650. The molecule has 0 spiro atoms. The highest BCUT2D eigenvalue weighted by atomic mass is 35.5. The van der Waals surface area contributed by atoms with Gasteiger partial charge in [-0.15, -0.1) is 34.8 Å². The summed E-state index contributed by atoms with van der Waals surface area (Å²) in [6.07, 6.45) is 0.384. The SMILES string of the molecule is ClCCC(Cl)(Cl)C(Cl)Cl. The predicted octanol–water partition coefficient (Wildman–Crippen LogP) is 3.59. The van der Waals surface area contributed by atoms with Gasteiger partial charge >= 0.3 is 0 Å². The van der Waals surface area contributed by atoms with E-state index < -0.39 is 9.17 Å². The summed E-state index contributed by atoms with van der Waals surface area (Å²) in [6.45, 7) is 0. The summed E-state index contributed by atoms with van der Waals surface area (Å²) in [5, 5.41) is 0. The van der Waals surface area contributed by atoms with E-state index in [4.69, 9.17) is 58.0 Å². The fourth-order valence-corrected chi connectivity index (χ4v) is 1.13. The van der Waals surface area contributed by atoms with Gasteiger partial charge in [-0.1, -0.05) is 23.2 Å². The van der Waals surface area contributed by atoms with Gasteiger partial charge in [0.25, 0.3) is 0 Å². The molecule has 0 heterocycles. The number of halogens is 5. The summed E-state index contributed by atoms with van der Waals surface area (Å²) in [5.41, 5.74) is 0. The van der Waals surface area contributed by atoms with E-state index in [0.717, 1.165) is 0 Å². The van der Waals surface area contributed by atoms with Gasteiger partial charge in [0.1, 0.15) is 9.17 Å². The van der Waals surface area contributed by atoms with Crippen molar-refractivity contribution in [2.45, 2.75) is 15.6 Å². The van der Waals surface area contributed by atoms with E-state index in [9.17, 15) is 0 Å². The van der Waals surface area contributed by atoms with Crippen molar-refractivity contribution >= 4 is 58.0 Å². The number of alkyl halides is 5. The molecule has 0 aromatic rings. The molecule has 0 amide bonds. The predicted molar refractivity (Wildman–Crippen MR) is 45.3 cm³/mol. The maximum Gasteiger partial charge on any atom is 0.149 e. The van der Waals surface area contributed by atoms with Crippen LogP contribution in [0.1, 0.15) is 6.42 Å². The van der Waals surface area contributed by atoms with Gasteiger partial charge in [-0.2, -0.15) is 0 Å². The summed E-state index contributed by atoms with van der Waals surface area (Å²) in [7, 11) is 0. The second kappa shape index (κ2) is 4.35. The maximum atomic E-state index is 5.59. The van der Waals surface area contributed by atoms with Crippen LogP contribution >= 0.6 is 58.0 Å². The number of hydrogen-bond acceptors (Lipinski definition) is 0. The Morgan fingerprint density at radius 3 is 1.78 bits per heavy atom. The van der Waals surface area contributed by atoms with Gasteiger partial charge in [0.2, 0.25) is 0 Å². The minimum atomic E-state index is -1.11. The Kier molecular flexibility index (Phi) is 5.05. The first kappa shape index (κ1) is 10.4. The van der Waals surface area contributed by atoms with E-state index >= 15 is 0 Å². The third-order valence-corrected chi connectivity index (χ3v) is 2.94. The minimum absolute atomic E-state index is 0.350. The topological polar surface area (TPSA) is 0 Å². The molecule has 0 bridgehead atoms. The van der Waals surface area contributed by atoms with Crippen molar-refractivity contribution in [3.8, 4) is 0 Å². The number of hydrogen-bond donors (Lipinski definition) is 0. The molecule has 0 N–H and O–H groups in total. The van der Waals surface area contributed by atoms with Crippen LogP contribution in [0.2, 0.25) is 0 Å². The van der Waals surface area contributed by atoms with Crippen LogP contribution in [0.3, 0.4) is 0 Å². The molecular weight excluding hydrogens is 225 g/mol. The van der Waals surface area contributed by atoms with E-state index in [1.165, 1.54) is 0 Å². The largest absolute Gasteiger partial charge is 0.149 e. The molecule has 0 rings (SSSR count). The highest BCUT2D eigenvalue weighted by Crippen LogP contribution is 2.35. The van der Waals surface area contributed by atoms with Gasteiger partial charge < -0.3 is 0 Å². The van der Waals surface area contributed by atoms with Crippen LogP contribution in [-0.4, -0.2) is 15.0 Å². The average Bonchev–Trinajstić information content (AvgIpc) is 1.65. The Bertz CT molecular complexity index is 79.0. The first-order valence-corrected chi connectivity index (χ1v) is 4.39. The molecule has 0 saturated heterocycles. The average molecular weight is 230 g/mol. The smallest absolute Gasteiger partial charge is 0.127 e. The van der Waals surface area contributed by atoms with Crippen LogP contribution in [-0.2, 0) is 0 Å². The molecule has 9 heavy (non-hydrogen) atoms. The minimum Gasteiger partial charge on any atom is -0.127 e. The highest BCUT2D eigenvalue weighted by Gasteiger charge is 2.30. The third-order valence-electron chi connectivity index (χ3n) is 0.747. The van der Waals surface area contributed by atoms with Crippen LogP contribution in [0.5, 0.6) is 0 Å². The molecule has 0 nitrogen and oxygen atoms in total. The van der Waals surface area contributed by atoms with Crippen molar-refractivity contribution in [1.82, 2.24) is 0 Å². The van der Waals surface area contributed by atoms with E-state index in [2.05, 4.69) is 0 Å². The molecule has 0 radical (unpaired) electrons. The zero-order valence-electron chi connectivity index (χ0n) is 4.38. The molecule has 0 aliphatic carbocycles. The Morgan fingerprint density at radius 2 is 1.67 bits per heavy atom. The standard InChI is InChI=1S/C4H5Cl5/c5-2-1-4(8,9)3(6)7/h3H,1-2H2. The molecule has 0 saturated carbocycles. The van der Waals surface area contributed by atoms with Crippen molar-refractivity contribution < 1.29 is 0 Å². The van der Waals surface area contributed by atoms with Crippen LogP contribution < -0.4 is 0 Å². The summed E-state index contributed by atoms with van der Waals surface area (Å²) < 4.78 is -1.11. The molecule has 0 aromatic carbocycles. The van der Waals surface area contributed by atoms with Gasteiger partial charge in [-0.25, -0.2) is 0 Å². The van der Waals surface area contributed by atoms with Gasteiger partial charge in [0.15, 0.2) is 0 Å². The van der Waals surface area contributed by atoms with E-state index in [0.29, 0.717) is 12.3 Å². The van der Waals surface area contributed by atoms with Crippen LogP contribution in [0.4, 0.5) is 0 Å². The van der Waals surface area contributed by atoms with E-state index in [1.54, 1.807) is 0 Å². The molecule has 0 aliphatic rings. The Balaban J connectivity index is 3.70. The van der Waals surface area contributed by atoms with Crippen LogP contribution in [0.15, 0.2) is 0 Å². The van der Waals surface area contributed by atoms with Crippen molar-refractivity contribution in [1.29, 1.82) is 0 Å². The monoisotopic (exact) mass is 228 g/mol. The molecule has 0 aliphatic heterocycles. The van der Waals surface area contributed by atoms with Gasteiger partial charge in [-0.3, -0.25) is 0 Å². The summed E-state index contributed by atoms with van der Waals surface area (Å²) in [4.78, 5) is -0.792. The second-order valence-electron chi connectivity index (χ2n) is 1.50. The van der Waals surface area contributed by atoms with Crippen LogP contribution in [0.25, 0.3) is 0 Å². The summed E-state index contributed by atoms with van der Waals surface area (Å²) in [5.74, 6) is 0.350. The lowest BCUT2D eigenvalue weighted by atomic mass is 10.3.